The number of aliphatic imine (C=N–C) groups is 1. The number of aromatic hydroxyl groups is 1. The Balaban J connectivity index is 1.94. The molecule has 0 aromatic heterocycles. The molecule has 0 aliphatic carbocycles. The van der Waals surface area contributed by atoms with Crippen molar-refractivity contribution in [2.75, 3.05) is 20.3 Å². The van der Waals surface area contributed by atoms with E-state index in [0.29, 0.717) is 15.8 Å². The fourth-order valence-electron chi connectivity index (χ4n) is 2.44. The number of rotatable bonds is 5. The Hall–Kier alpha value is -2.77. The fourth-order valence-corrected chi connectivity index (χ4v) is 3.46. The molecule has 1 amide bonds. The summed E-state index contributed by atoms with van der Waals surface area (Å²) in [6.07, 6.45) is 1.72. The molecular weight excluding hydrogens is 352 g/mol. The average Bonchev–Trinajstić information content (AvgIpc) is 2.93. The van der Waals surface area contributed by atoms with Gasteiger partial charge >= 0.3 is 0 Å². The minimum atomic E-state index is -0.217. The molecule has 1 fully saturated rings. The Morgan fingerprint density at radius 1 is 1.23 bits per heavy atom. The number of β-amino-alcohol motifs (C(OH)–C–C–N with tert-alkyl or cyclic N) is 1. The van der Waals surface area contributed by atoms with E-state index in [1.54, 1.807) is 18.2 Å². The van der Waals surface area contributed by atoms with Gasteiger partial charge in [-0.05, 0) is 47.7 Å². The summed E-state index contributed by atoms with van der Waals surface area (Å²) in [4.78, 5) is 19.1. The summed E-state index contributed by atoms with van der Waals surface area (Å²) >= 11 is 1.25. The topological polar surface area (TPSA) is 82.4 Å². The van der Waals surface area contributed by atoms with Gasteiger partial charge in [0.1, 0.15) is 0 Å². The molecule has 1 aliphatic rings. The Labute approximate surface area is 155 Å². The number of carbonyl (C=O) groups excluding carboxylic acids is 1. The second-order valence-electron chi connectivity index (χ2n) is 5.45. The summed E-state index contributed by atoms with van der Waals surface area (Å²) in [7, 11) is 1.47. The molecule has 1 aliphatic heterocycles. The van der Waals surface area contributed by atoms with Crippen molar-refractivity contribution in [1.29, 1.82) is 0 Å². The lowest BCUT2D eigenvalue weighted by Gasteiger charge is -2.13. The third kappa shape index (κ3) is 3.89. The molecule has 1 heterocycles. The molecule has 1 saturated heterocycles. The summed E-state index contributed by atoms with van der Waals surface area (Å²) in [6.45, 7) is 0.0220. The van der Waals surface area contributed by atoms with E-state index in [-0.39, 0.29) is 24.8 Å². The summed E-state index contributed by atoms with van der Waals surface area (Å²) in [5, 5.41) is 19.5. The number of hydrogen-bond donors (Lipinski definition) is 2. The van der Waals surface area contributed by atoms with Crippen molar-refractivity contribution in [2.24, 2.45) is 4.99 Å². The number of nitrogens with zero attached hydrogens (tertiary/aromatic N) is 2. The maximum Gasteiger partial charge on any atom is 0.266 e. The van der Waals surface area contributed by atoms with Crippen molar-refractivity contribution in [3.63, 3.8) is 0 Å². The minimum absolute atomic E-state index is 0.0355. The van der Waals surface area contributed by atoms with Crippen LogP contribution in [0.5, 0.6) is 11.5 Å². The van der Waals surface area contributed by atoms with Crippen LogP contribution in [-0.2, 0) is 4.79 Å². The van der Waals surface area contributed by atoms with E-state index in [2.05, 4.69) is 4.99 Å². The molecule has 0 bridgehead atoms. The van der Waals surface area contributed by atoms with Gasteiger partial charge in [0.25, 0.3) is 5.91 Å². The van der Waals surface area contributed by atoms with Crippen LogP contribution in [0.3, 0.4) is 0 Å². The summed E-state index contributed by atoms with van der Waals surface area (Å²) in [5.74, 6) is 0.152. The van der Waals surface area contributed by atoms with Crippen molar-refractivity contribution < 1.29 is 19.7 Å². The number of hydrogen-bond acceptors (Lipinski definition) is 6. The number of para-hydroxylation sites is 1. The van der Waals surface area contributed by atoms with Crippen LogP contribution >= 0.6 is 11.8 Å². The number of methoxy groups -OCH3 is 1. The van der Waals surface area contributed by atoms with Crippen molar-refractivity contribution >= 4 is 34.6 Å². The maximum absolute atomic E-state index is 12.7. The van der Waals surface area contributed by atoms with E-state index < -0.39 is 0 Å². The largest absolute Gasteiger partial charge is 0.504 e. The van der Waals surface area contributed by atoms with Crippen LogP contribution in [0.2, 0.25) is 0 Å². The number of phenolic OH excluding ortho intramolecular Hbond substituents is 1. The van der Waals surface area contributed by atoms with Gasteiger partial charge in [-0.25, -0.2) is 4.99 Å². The molecule has 0 spiro atoms. The smallest absolute Gasteiger partial charge is 0.266 e. The summed E-state index contributed by atoms with van der Waals surface area (Å²) in [5.41, 5.74) is 1.46. The fraction of sp³-hybridized carbons (Fsp3) is 0.158. The molecule has 6 nitrogen and oxygen atoms in total. The summed E-state index contributed by atoms with van der Waals surface area (Å²) < 4.78 is 5.10. The Morgan fingerprint density at radius 3 is 2.69 bits per heavy atom. The van der Waals surface area contributed by atoms with Crippen LogP contribution in [0.25, 0.3) is 6.08 Å². The van der Waals surface area contributed by atoms with E-state index in [1.807, 2.05) is 30.3 Å². The van der Waals surface area contributed by atoms with Crippen molar-refractivity contribution in [2.45, 2.75) is 0 Å². The quantitative estimate of drug-likeness (QED) is 0.791. The SMILES string of the molecule is COc1cc(C=C2SC(=Nc3ccccc3)N(CCO)C2=O)ccc1O. The molecule has 0 saturated carbocycles. The second-order valence-corrected chi connectivity index (χ2v) is 6.46. The van der Waals surface area contributed by atoms with Crippen LogP contribution < -0.4 is 4.74 Å². The molecule has 0 atom stereocenters. The Bertz CT molecular complexity index is 865. The summed E-state index contributed by atoms with van der Waals surface area (Å²) in [6, 6.07) is 14.2. The van der Waals surface area contributed by atoms with E-state index >= 15 is 0 Å². The molecule has 3 rings (SSSR count). The lowest BCUT2D eigenvalue weighted by atomic mass is 10.2. The zero-order valence-electron chi connectivity index (χ0n) is 14.1. The number of amides is 1. The van der Waals surface area contributed by atoms with Crippen LogP contribution in [0.4, 0.5) is 5.69 Å². The zero-order chi connectivity index (χ0) is 18.5. The lowest BCUT2D eigenvalue weighted by molar-refractivity contribution is -0.122. The number of ether oxygens (including phenoxy) is 1. The van der Waals surface area contributed by atoms with Crippen molar-refractivity contribution in [3.8, 4) is 11.5 Å². The van der Waals surface area contributed by atoms with Crippen LogP contribution in [-0.4, -0.2) is 46.4 Å². The molecule has 7 heteroatoms. The van der Waals surface area contributed by atoms with Crippen molar-refractivity contribution in [1.82, 2.24) is 4.90 Å². The first-order valence-electron chi connectivity index (χ1n) is 7.95. The maximum atomic E-state index is 12.7. The van der Waals surface area contributed by atoms with Gasteiger partial charge < -0.3 is 14.9 Å². The standard InChI is InChI=1S/C19H18N2O4S/c1-25-16-11-13(7-8-15(16)23)12-17-18(24)21(9-10-22)19(26-17)20-14-5-3-2-4-6-14/h2-8,11-12,22-23H,9-10H2,1H3. The highest BCUT2D eigenvalue weighted by atomic mass is 32.2. The molecule has 26 heavy (non-hydrogen) atoms. The first-order valence-corrected chi connectivity index (χ1v) is 8.77. The molecule has 2 aromatic carbocycles. The van der Waals surface area contributed by atoms with Crippen LogP contribution in [0, 0.1) is 0 Å². The number of aliphatic hydroxyl groups is 1. The average molecular weight is 370 g/mol. The number of benzene rings is 2. The lowest BCUT2D eigenvalue weighted by Crippen LogP contribution is -2.31. The van der Waals surface area contributed by atoms with E-state index in [9.17, 15) is 15.0 Å². The normalized spacial score (nSPS) is 17.3. The predicted octanol–water partition coefficient (Wildman–Crippen LogP) is 3.00. The second kappa shape index (κ2) is 8.07. The highest BCUT2D eigenvalue weighted by Gasteiger charge is 2.33. The highest BCUT2D eigenvalue weighted by molar-refractivity contribution is 8.18. The van der Waals surface area contributed by atoms with E-state index in [4.69, 9.17) is 4.74 Å². The van der Waals surface area contributed by atoms with Gasteiger partial charge in [0.05, 0.1) is 30.9 Å². The highest BCUT2D eigenvalue weighted by Crippen LogP contribution is 2.35. The third-order valence-electron chi connectivity index (χ3n) is 3.69. The van der Waals surface area contributed by atoms with Gasteiger partial charge in [0, 0.05) is 0 Å². The molecule has 0 radical (unpaired) electrons. The number of phenols is 1. The predicted molar refractivity (Wildman–Crippen MR) is 103 cm³/mol. The molecule has 0 unspecified atom stereocenters. The third-order valence-corrected chi connectivity index (χ3v) is 4.70. The van der Waals surface area contributed by atoms with Gasteiger partial charge in [-0.15, -0.1) is 0 Å². The van der Waals surface area contributed by atoms with Crippen LogP contribution in [0.15, 0.2) is 58.4 Å². The number of thioether (sulfide) groups is 1. The van der Waals surface area contributed by atoms with E-state index in [1.165, 1.54) is 29.8 Å². The number of carbonyl (C=O) groups is 1. The monoisotopic (exact) mass is 370 g/mol. The minimum Gasteiger partial charge on any atom is -0.504 e. The van der Waals surface area contributed by atoms with Gasteiger partial charge in [-0.1, -0.05) is 24.3 Å². The molecule has 134 valence electrons. The van der Waals surface area contributed by atoms with Gasteiger partial charge in [-0.2, -0.15) is 0 Å². The molecule has 2 aromatic rings. The first-order chi connectivity index (χ1) is 12.6. The first kappa shape index (κ1) is 18.0. The zero-order valence-corrected chi connectivity index (χ0v) is 14.9. The molecule has 2 N–H and O–H groups in total. The van der Waals surface area contributed by atoms with Crippen molar-refractivity contribution in [3.05, 3.63) is 59.0 Å². The van der Waals surface area contributed by atoms with Gasteiger partial charge in [-0.3, -0.25) is 9.69 Å². The molecular formula is C19H18N2O4S. The number of aliphatic hydroxyl groups excluding tert-OH is 1. The number of amidine groups is 1. The van der Waals surface area contributed by atoms with Gasteiger partial charge in [0.15, 0.2) is 16.7 Å². The Kier molecular flexibility index (Phi) is 5.60. The van der Waals surface area contributed by atoms with Crippen LogP contribution in [0.1, 0.15) is 5.56 Å². The van der Waals surface area contributed by atoms with Gasteiger partial charge in [0.2, 0.25) is 0 Å². The van der Waals surface area contributed by atoms with E-state index in [0.717, 1.165) is 11.3 Å². The Morgan fingerprint density at radius 2 is 2.00 bits per heavy atom.